The summed E-state index contributed by atoms with van der Waals surface area (Å²) < 4.78 is 23.9. The van der Waals surface area contributed by atoms with E-state index >= 15 is 0 Å². The van der Waals surface area contributed by atoms with Crippen LogP contribution < -0.4 is 0 Å². The van der Waals surface area contributed by atoms with E-state index in [2.05, 4.69) is 13.8 Å². The number of rotatable bonds is 7. The average Bonchev–Trinajstić information content (AvgIpc) is 3.20. The fourth-order valence-corrected chi connectivity index (χ4v) is 11.0. The second-order valence-corrected chi connectivity index (χ2v) is 15.7. The van der Waals surface area contributed by atoms with E-state index < -0.39 is 73.6 Å². The fourth-order valence-electron chi connectivity index (χ4n) is 11.0. The van der Waals surface area contributed by atoms with Gasteiger partial charge in [0.2, 0.25) is 0 Å². The van der Waals surface area contributed by atoms with Crippen molar-refractivity contribution in [2.45, 2.75) is 146 Å². The van der Waals surface area contributed by atoms with Crippen molar-refractivity contribution in [2.24, 2.45) is 34.0 Å². The maximum absolute atomic E-state index is 11.3. The minimum Gasteiger partial charge on any atom is -0.394 e. The molecule has 0 aromatic rings. The third-order valence-electron chi connectivity index (χ3n) is 13.2. The Labute approximate surface area is 259 Å². The Hall–Kier alpha value is -0.480. The van der Waals surface area contributed by atoms with Gasteiger partial charge in [-0.2, -0.15) is 0 Å². The lowest BCUT2D eigenvalue weighted by Crippen LogP contribution is -2.64. The number of aliphatic hydroxyl groups excluding tert-OH is 7. The van der Waals surface area contributed by atoms with E-state index in [4.69, 9.17) is 18.9 Å². The molecule has 4 aliphatic carbocycles. The van der Waals surface area contributed by atoms with Gasteiger partial charge in [0, 0.05) is 0 Å². The predicted octanol–water partition coefficient (Wildman–Crippen LogP) is -0.209. The predicted molar refractivity (Wildman–Crippen MR) is 154 cm³/mol. The molecule has 0 aromatic heterocycles. The maximum atomic E-state index is 11.3. The molecule has 12 nitrogen and oxygen atoms in total. The first-order valence-corrected chi connectivity index (χ1v) is 16.6. The van der Waals surface area contributed by atoms with Crippen LogP contribution in [0.5, 0.6) is 0 Å². The maximum Gasteiger partial charge on any atom is 0.187 e. The van der Waals surface area contributed by atoms with Gasteiger partial charge in [-0.15, -0.1) is 0 Å². The second kappa shape index (κ2) is 11.9. The van der Waals surface area contributed by atoms with Gasteiger partial charge < -0.3 is 59.8 Å². The van der Waals surface area contributed by atoms with Crippen LogP contribution in [0.3, 0.4) is 0 Å². The Morgan fingerprint density at radius 2 is 1.55 bits per heavy atom. The fraction of sp³-hybridized carbons (Fsp3) is 1.00. The summed E-state index contributed by atoms with van der Waals surface area (Å²) in [5.41, 5.74) is -1.17. The lowest BCUT2D eigenvalue weighted by Gasteiger charge is -2.64. The highest BCUT2D eigenvalue weighted by Gasteiger charge is 2.67. The Kier molecular flexibility index (Phi) is 9.03. The largest absolute Gasteiger partial charge is 0.394 e. The van der Waals surface area contributed by atoms with Gasteiger partial charge in [0.15, 0.2) is 12.6 Å². The van der Waals surface area contributed by atoms with Crippen LogP contribution in [0.4, 0.5) is 0 Å². The van der Waals surface area contributed by atoms with Crippen LogP contribution in [0.15, 0.2) is 0 Å². The SMILES string of the molecule is CC1OC(OC2C(OCC3(C)CCCC4(C)C3CCC35CC(CCC34)C(O)(CO)C5)OC(CO)C(O)C2O)C(O)C(O)C1O. The van der Waals surface area contributed by atoms with Crippen LogP contribution in [0.2, 0.25) is 0 Å². The Morgan fingerprint density at radius 3 is 2.25 bits per heavy atom. The summed E-state index contributed by atoms with van der Waals surface area (Å²) in [6.45, 7) is 5.69. The van der Waals surface area contributed by atoms with E-state index in [1.54, 1.807) is 0 Å². The van der Waals surface area contributed by atoms with Crippen molar-refractivity contribution in [3.05, 3.63) is 0 Å². The van der Waals surface area contributed by atoms with Crippen LogP contribution in [-0.4, -0.2) is 128 Å². The number of hydrogen-bond donors (Lipinski definition) is 8. The molecule has 254 valence electrons. The Balaban J connectivity index is 1.20. The summed E-state index contributed by atoms with van der Waals surface area (Å²) in [5.74, 6) is 0.923. The lowest BCUT2D eigenvalue weighted by molar-refractivity contribution is -0.368. The summed E-state index contributed by atoms with van der Waals surface area (Å²) in [6, 6.07) is 0. The zero-order valence-corrected chi connectivity index (χ0v) is 26.2. The van der Waals surface area contributed by atoms with Crippen molar-refractivity contribution in [2.75, 3.05) is 19.8 Å². The average molecular weight is 631 g/mol. The molecule has 6 rings (SSSR count). The van der Waals surface area contributed by atoms with Crippen molar-refractivity contribution < 1.29 is 59.8 Å². The zero-order chi connectivity index (χ0) is 31.8. The number of hydrogen-bond acceptors (Lipinski definition) is 12. The summed E-state index contributed by atoms with van der Waals surface area (Å²) >= 11 is 0. The molecular weight excluding hydrogens is 576 g/mol. The smallest absolute Gasteiger partial charge is 0.187 e. The molecule has 4 saturated carbocycles. The van der Waals surface area contributed by atoms with Gasteiger partial charge >= 0.3 is 0 Å². The van der Waals surface area contributed by atoms with Crippen molar-refractivity contribution in [3.8, 4) is 0 Å². The van der Waals surface area contributed by atoms with E-state index in [0.717, 1.165) is 51.4 Å². The molecule has 6 fully saturated rings. The molecular formula is C32H54O12. The monoisotopic (exact) mass is 630 g/mol. The van der Waals surface area contributed by atoms with Crippen molar-refractivity contribution in [1.29, 1.82) is 0 Å². The number of aliphatic hydroxyl groups is 8. The van der Waals surface area contributed by atoms with Gasteiger partial charge in [-0.05, 0) is 92.3 Å². The summed E-state index contributed by atoms with van der Waals surface area (Å²) in [5, 5.41) is 83.9. The lowest BCUT2D eigenvalue weighted by atomic mass is 9.41. The molecule has 2 aliphatic heterocycles. The molecule has 0 aromatic carbocycles. The summed E-state index contributed by atoms with van der Waals surface area (Å²) in [7, 11) is 0. The second-order valence-electron chi connectivity index (χ2n) is 15.7. The quantitative estimate of drug-likeness (QED) is 0.185. The molecule has 0 amide bonds. The molecule has 0 radical (unpaired) electrons. The highest BCUT2D eigenvalue weighted by Crippen LogP contribution is 2.72. The van der Waals surface area contributed by atoms with Crippen LogP contribution in [-0.2, 0) is 18.9 Å². The molecule has 8 N–H and O–H groups in total. The van der Waals surface area contributed by atoms with Gasteiger partial charge in [0.25, 0.3) is 0 Å². The van der Waals surface area contributed by atoms with Crippen LogP contribution in [0, 0.1) is 34.0 Å². The first-order chi connectivity index (χ1) is 20.7. The molecule has 2 heterocycles. The van der Waals surface area contributed by atoms with E-state index in [-0.39, 0.29) is 35.4 Å². The Morgan fingerprint density at radius 1 is 0.795 bits per heavy atom. The molecule has 2 bridgehead atoms. The van der Waals surface area contributed by atoms with Gasteiger partial charge in [-0.25, -0.2) is 0 Å². The summed E-state index contributed by atoms with van der Waals surface area (Å²) in [4.78, 5) is 0. The standard InChI is InChI=1S/C32H54O12/c1-16-21(35)23(37)25(39)27(42-16)44-26-24(38)22(36)18(12-33)43-28(26)41-15-29(2)8-4-9-30(3)19(29)7-10-31-11-17(5-6-20(30)31)32(40,13-31)14-34/h16-28,33-40H,4-15H2,1-3H3. The van der Waals surface area contributed by atoms with E-state index in [1.165, 1.54) is 6.92 Å². The zero-order valence-electron chi connectivity index (χ0n) is 26.2. The highest BCUT2D eigenvalue weighted by molar-refractivity contribution is 5.17. The number of ether oxygens (including phenoxy) is 4. The van der Waals surface area contributed by atoms with Crippen LogP contribution in [0.1, 0.15) is 78.6 Å². The van der Waals surface area contributed by atoms with Crippen LogP contribution in [0.25, 0.3) is 0 Å². The molecule has 6 aliphatic rings. The van der Waals surface area contributed by atoms with Crippen molar-refractivity contribution >= 4 is 0 Å². The van der Waals surface area contributed by atoms with E-state index in [0.29, 0.717) is 18.3 Å². The number of fused-ring (bicyclic) bond motifs is 3. The first kappa shape index (κ1) is 33.4. The molecule has 12 heteroatoms. The summed E-state index contributed by atoms with van der Waals surface area (Å²) in [6.07, 6.45) is -4.90. The molecule has 44 heavy (non-hydrogen) atoms. The topological polar surface area (TPSA) is 199 Å². The molecule has 1 spiro atoms. The Bertz CT molecular complexity index is 1030. The molecule has 17 atom stereocenters. The van der Waals surface area contributed by atoms with E-state index in [9.17, 15) is 40.9 Å². The third-order valence-corrected chi connectivity index (χ3v) is 13.2. The van der Waals surface area contributed by atoms with Gasteiger partial charge in [0.05, 0.1) is 31.5 Å². The minimum atomic E-state index is -1.62. The normalized spacial score (nSPS) is 57.5. The molecule has 2 saturated heterocycles. The van der Waals surface area contributed by atoms with Gasteiger partial charge in [0.1, 0.15) is 42.7 Å². The first-order valence-electron chi connectivity index (χ1n) is 16.6. The van der Waals surface area contributed by atoms with Gasteiger partial charge in [-0.3, -0.25) is 0 Å². The van der Waals surface area contributed by atoms with Gasteiger partial charge in [-0.1, -0.05) is 20.3 Å². The highest BCUT2D eigenvalue weighted by atomic mass is 16.8. The van der Waals surface area contributed by atoms with Crippen molar-refractivity contribution in [3.63, 3.8) is 0 Å². The third kappa shape index (κ3) is 5.20. The van der Waals surface area contributed by atoms with E-state index in [1.807, 2.05) is 0 Å². The minimum absolute atomic E-state index is 0.0279. The molecule has 17 unspecified atom stereocenters. The van der Waals surface area contributed by atoms with Crippen molar-refractivity contribution in [1.82, 2.24) is 0 Å². The van der Waals surface area contributed by atoms with Crippen LogP contribution >= 0.6 is 0 Å².